The molecule has 2 rings (SSSR count). The Bertz CT molecular complexity index is 757. The molecule has 1 aliphatic rings. The Hall–Kier alpha value is -3.16. The van der Waals surface area contributed by atoms with Crippen LogP contribution in [0.25, 0.3) is 0 Å². The van der Waals surface area contributed by atoms with E-state index in [-0.39, 0.29) is 25.0 Å². The maximum absolute atomic E-state index is 12.8. The number of carbonyl (C=O) groups excluding carboxylic acids is 4. The second-order valence-electron chi connectivity index (χ2n) is 6.48. The molecule has 1 saturated heterocycles. The molecular formula is C20H23NO7. The quantitative estimate of drug-likeness (QED) is 0.413. The number of rotatable bonds is 6. The number of methoxy groups -OCH3 is 1. The minimum Gasteiger partial charge on any atom is -0.466 e. The van der Waals surface area contributed by atoms with Crippen molar-refractivity contribution in [1.82, 2.24) is 4.90 Å². The Balaban J connectivity index is 2.13. The van der Waals surface area contributed by atoms with E-state index >= 15 is 0 Å². The average molecular weight is 389 g/mol. The lowest BCUT2D eigenvalue weighted by Crippen LogP contribution is -2.42. The number of esters is 3. The van der Waals surface area contributed by atoms with Crippen LogP contribution in [0.3, 0.4) is 0 Å². The molecule has 1 aromatic rings. The van der Waals surface area contributed by atoms with Crippen molar-refractivity contribution >= 4 is 23.8 Å². The molecule has 28 heavy (non-hydrogen) atoms. The minimum absolute atomic E-state index is 0.0450. The first-order valence-corrected chi connectivity index (χ1v) is 8.85. The van der Waals surface area contributed by atoms with E-state index in [9.17, 15) is 19.2 Å². The van der Waals surface area contributed by atoms with Crippen molar-refractivity contribution in [2.24, 2.45) is 0 Å². The molecule has 0 N–H and O–H groups in total. The summed E-state index contributed by atoms with van der Waals surface area (Å²) in [6.45, 7) is 3.47. The number of carbonyl (C=O) groups is 4. The van der Waals surface area contributed by atoms with Crippen LogP contribution in [-0.2, 0) is 28.6 Å². The highest BCUT2D eigenvalue weighted by Gasteiger charge is 2.42. The number of amides is 1. The van der Waals surface area contributed by atoms with Crippen LogP contribution in [0.4, 0.5) is 0 Å². The highest BCUT2D eigenvalue weighted by Crippen LogP contribution is 2.24. The van der Waals surface area contributed by atoms with E-state index < -0.39 is 30.1 Å². The lowest BCUT2D eigenvalue weighted by Gasteiger charge is -2.23. The number of nitrogens with zero attached hydrogens (tertiary/aromatic N) is 1. The monoisotopic (exact) mass is 389 g/mol. The second-order valence-corrected chi connectivity index (χ2v) is 6.48. The third-order valence-corrected chi connectivity index (χ3v) is 4.01. The van der Waals surface area contributed by atoms with Crippen molar-refractivity contribution < 1.29 is 33.4 Å². The van der Waals surface area contributed by atoms with Crippen LogP contribution in [0.1, 0.15) is 30.6 Å². The fraction of sp³-hybridized carbons (Fsp3) is 0.400. The molecule has 0 bridgehead atoms. The van der Waals surface area contributed by atoms with Gasteiger partial charge in [-0.15, -0.1) is 0 Å². The van der Waals surface area contributed by atoms with Gasteiger partial charge in [-0.05, 0) is 26.0 Å². The molecule has 0 aromatic heterocycles. The lowest BCUT2D eigenvalue weighted by atomic mass is 10.1. The summed E-state index contributed by atoms with van der Waals surface area (Å²) < 4.78 is 14.9. The molecule has 1 amide bonds. The van der Waals surface area contributed by atoms with Crippen molar-refractivity contribution in [1.29, 1.82) is 0 Å². The van der Waals surface area contributed by atoms with Gasteiger partial charge < -0.3 is 19.1 Å². The first-order chi connectivity index (χ1) is 13.3. The van der Waals surface area contributed by atoms with Crippen LogP contribution in [0, 0.1) is 0 Å². The van der Waals surface area contributed by atoms with Crippen LogP contribution < -0.4 is 0 Å². The van der Waals surface area contributed by atoms with Crippen molar-refractivity contribution in [3.05, 3.63) is 48.0 Å². The molecule has 1 aromatic carbocycles. The summed E-state index contributed by atoms with van der Waals surface area (Å²) in [7, 11) is 1.19. The van der Waals surface area contributed by atoms with Crippen molar-refractivity contribution in [3.63, 3.8) is 0 Å². The first-order valence-electron chi connectivity index (χ1n) is 8.85. The number of ether oxygens (including phenoxy) is 3. The number of likely N-dealkylation sites (tertiary alicyclic amines) is 1. The van der Waals surface area contributed by atoms with E-state index in [4.69, 9.17) is 9.47 Å². The zero-order chi connectivity index (χ0) is 20.7. The Morgan fingerprint density at radius 2 is 1.71 bits per heavy atom. The number of benzene rings is 1. The smallest absolute Gasteiger partial charge is 0.331 e. The van der Waals surface area contributed by atoms with Gasteiger partial charge in [0.1, 0.15) is 12.1 Å². The van der Waals surface area contributed by atoms with Gasteiger partial charge in [-0.3, -0.25) is 4.79 Å². The van der Waals surface area contributed by atoms with E-state index in [1.165, 1.54) is 12.0 Å². The Labute approximate surface area is 163 Å². The zero-order valence-corrected chi connectivity index (χ0v) is 16.0. The molecule has 0 aliphatic carbocycles. The third-order valence-electron chi connectivity index (χ3n) is 4.01. The molecule has 1 aliphatic heterocycles. The molecule has 2 atom stereocenters. The van der Waals surface area contributed by atoms with E-state index in [0.29, 0.717) is 5.56 Å². The summed E-state index contributed by atoms with van der Waals surface area (Å²) in [5.41, 5.74) is 0.419. The average Bonchev–Trinajstić information content (AvgIpc) is 3.09. The van der Waals surface area contributed by atoms with Gasteiger partial charge in [0.2, 0.25) is 0 Å². The fourth-order valence-corrected chi connectivity index (χ4v) is 2.80. The Morgan fingerprint density at radius 3 is 2.32 bits per heavy atom. The second kappa shape index (κ2) is 9.68. The molecule has 0 unspecified atom stereocenters. The maximum Gasteiger partial charge on any atom is 0.331 e. The van der Waals surface area contributed by atoms with E-state index in [1.807, 2.05) is 0 Å². The van der Waals surface area contributed by atoms with Crippen LogP contribution in [0.2, 0.25) is 0 Å². The summed E-state index contributed by atoms with van der Waals surface area (Å²) in [5, 5.41) is 0. The van der Waals surface area contributed by atoms with Crippen LogP contribution >= 0.6 is 0 Å². The first kappa shape index (κ1) is 21.1. The SMILES string of the molecule is COC(=O)/C=C/C(=O)O[C@@H]1C[C@@H](C(=O)OC(C)C)N(C(=O)c2ccccc2)C1. The molecule has 1 heterocycles. The van der Waals surface area contributed by atoms with Gasteiger partial charge in [0.05, 0.1) is 19.8 Å². The summed E-state index contributed by atoms with van der Waals surface area (Å²) in [6, 6.07) is 7.65. The van der Waals surface area contributed by atoms with Crippen molar-refractivity contribution in [2.75, 3.05) is 13.7 Å². The van der Waals surface area contributed by atoms with Crippen LogP contribution in [0.5, 0.6) is 0 Å². The summed E-state index contributed by atoms with van der Waals surface area (Å²) in [6.07, 6.45) is 0.948. The van der Waals surface area contributed by atoms with E-state index in [0.717, 1.165) is 12.2 Å². The minimum atomic E-state index is -0.863. The van der Waals surface area contributed by atoms with Gasteiger partial charge in [0.25, 0.3) is 5.91 Å². The highest BCUT2D eigenvalue weighted by atomic mass is 16.6. The Kier molecular flexibility index (Phi) is 7.31. The molecule has 0 radical (unpaired) electrons. The van der Waals surface area contributed by atoms with Crippen LogP contribution in [-0.4, -0.2) is 60.6 Å². The predicted molar refractivity (Wildman–Crippen MR) is 98.1 cm³/mol. The van der Waals surface area contributed by atoms with E-state index in [1.54, 1.807) is 44.2 Å². The molecule has 8 heteroatoms. The molecule has 0 saturated carbocycles. The molecule has 150 valence electrons. The molecule has 0 spiro atoms. The van der Waals surface area contributed by atoms with Crippen molar-refractivity contribution in [3.8, 4) is 0 Å². The third kappa shape index (κ3) is 5.67. The highest BCUT2D eigenvalue weighted by molar-refractivity contribution is 5.97. The van der Waals surface area contributed by atoms with E-state index in [2.05, 4.69) is 4.74 Å². The number of hydrogen-bond acceptors (Lipinski definition) is 7. The standard InChI is InChI=1S/C20H23NO7/c1-13(2)27-20(25)16-11-15(28-18(23)10-9-17(22)26-3)12-21(16)19(24)14-7-5-4-6-8-14/h4-10,13,15-16H,11-12H2,1-3H3/b10-9+/t15-,16+/m1/s1. The zero-order valence-electron chi connectivity index (χ0n) is 16.0. The van der Waals surface area contributed by atoms with Crippen molar-refractivity contribution in [2.45, 2.75) is 38.5 Å². The largest absolute Gasteiger partial charge is 0.466 e. The molecular weight excluding hydrogens is 366 g/mol. The molecule has 8 nitrogen and oxygen atoms in total. The number of hydrogen-bond donors (Lipinski definition) is 0. The lowest BCUT2D eigenvalue weighted by molar-refractivity contribution is -0.152. The van der Waals surface area contributed by atoms with Gasteiger partial charge in [-0.1, -0.05) is 18.2 Å². The predicted octanol–water partition coefficient (Wildman–Crippen LogP) is 1.49. The maximum atomic E-state index is 12.8. The topological polar surface area (TPSA) is 99.2 Å². The Morgan fingerprint density at radius 1 is 1.07 bits per heavy atom. The normalized spacial score (nSPS) is 18.9. The summed E-state index contributed by atoms with van der Waals surface area (Å²) >= 11 is 0. The van der Waals surface area contributed by atoms with Gasteiger partial charge in [-0.2, -0.15) is 0 Å². The van der Waals surface area contributed by atoms with Gasteiger partial charge >= 0.3 is 17.9 Å². The van der Waals surface area contributed by atoms with Crippen LogP contribution in [0.15, 0.2) is 42.5 Å². The summed E-state index contributed by atoms with van der Waals surface area (Å²) in [5.74, 6) is -2.36. The summed E-state index contributed by atoms with van der Waals surface area (Å²) in [4.78, 5) is 49.6. The molecule has 1 fully saturated rings. The van der Waals surface area contributed by atoms with Gasteiger partial charge in [0.15, 0.2) is 0 Å². The fourth-order valence-electron chi connectivity index (χ4n) is 2.80. The van der Waals surface area contributed by atoms with Gasteiger partial charge in [-0.25, -0.2) is 14.4 Å². The van der Waals surface area contributed by atoms with Gasteiger partial charge in [0, 0.05) is 24.1 Å².